The van der Waals surface area contributed by atoms with Crippen LogP contribution in [0.2, 0.25) is 0 Å². The van der Waals surface area contributed by atoms with Crippen LogP contribution in [0.4, 0.5) is 0 Å². The van der Waals surface area contributed by atoms with Crippen LogP contribution in [0.3, 0.4) is 0 Å². The maximum Gasteiger partial charge on any atom is 0.329 e. The fraction of sp³-hybridized carbons (Fsp3) is 0.636. The predicted octanol–water partition coefficient (Wildman–Crippen LogP) is 2.25. The van der Waals surface area contributed by atoms with Crippen molar-refractivity contribution in [2.45, 2.75) is 58.6 Å². The topological polar surface area (TPSA) is 122 Å². The summed E-state index contributed by atoms with van der Waals surface area (Å²) in [6.45, 7) is 5.56. The van der Waals surface area contributed by atoms with Gasteiger partial charge in [0.1, 0.15) is 12.1 Å². The van der Waals surface area contributed by atoms with Crippen molar-refractivity contribution in [3.05, 3.63) is 18.0 Å². The van der Waals surface area contributed by atoms with E-state index in [2.05, 4.69) is 17.2 Å². The summed E-state index contributed by atoms with van der Waals surface area (Å²) in [6.07, 6.45) is 4.27. The quantitative estimate of drug-likeness (QED) is 0.444. The molecule has 0 saturated carbocycles. The number of hydrogen-bond acceptors (Lipinski definition) is 9. The summed E-state index contributed by atoms with van der Waals surface area (Å²) in [6, 6.07) is 0.587. The molecule has 32 heavy (non-hydrogen) atoms. The lowest BCUT2D eigenvalue weighted by atomic mass is 9.98. The minimum absolute atomic E-state index is 0.00516. The molecule has 1 saturated heterocycles. The number of nitrogens with zero attached hydrogens (tertiary/aromatic N) is 1. The minimum atomic E-state index is -0.913. The highest BCUT2D eigenvalue weighted by molar-refractivity contribution is 5.98. The number of pyridine rings is 1. The van der Waals surface area contributed by atoms with Gasteiger partial charge >= 0.3 is 11.9 Å². The zero-order chi connectivity index (χ0) is 23.5. The van der Waals surface area contributed by atoms with Crippen LogP contribution in [0, 0.1) is 5.92 Å². The van der Waals surface area contributed by atoms with E-state index in [4.69, 9.17) is 23.7 Å². The normalized spacial score (nSPS) is 21.4. The zero-order valence-corrected chi connectivity index (χ0v) is 19.0. The van der Waals surface area contributed by atoms with E-state index in [0.717, 1.165) is 19.3 Å². The molecule has 2 rings (SSSR count). The van der Waals surface area contributed by atoms with Crippen molar-refractivity contribution in [1.82, 2.24) is 10.3 Å². The number of esters is 2. The lowest BCUT2D eigenvalue weighted by molar-refractivity contribution is -0.153. The first kappa shape index (κ1) is 25.4. The maximum atomic E-state index is 13.0. The van der Waals surface area contributed by atoms with Gasteiger partial charge in [-0.2, -0.15) is 0 Å². The monoisotopic (exact) mass is 452 g/mol. The van der Waals surface area contributed by atoms with Gasteiger partial charge < -0.3 is 29.0 Å². The molecule has 1 aromatic rings. The fourth-order valence-corrected chi connectivity index (χ4v) is 3.26. The lowest BCUT2D eigenvalue weighted by Gasteiger charge is -2.24. The molecule has 10 heteroatoms. The standard InChI is InChI=1S/C22H32N2O8/c1-5-6-7-16-12-29-11-9-17(22(27)32-14(16)2)24-21(26)19-20(31-13-30-15(3)25)18(28-4)8-10-23-19/h8,10,14,16-17H,5-7,9,11-13H2,1-4H3,(H,24,26)/t14-,16+,17?/m0/s1. The Morgan fingerprint density at radius 1 is 1.34 bits per heavy atom. The number of aromatic nitrogens is 1. The van der Waals surface area contributed by atoms with Crippen molar-refractivity contribution in [1.29, 1.82) is 0 Å². The average Bonchev–Trinajstić information content (AvgIpc) is 2.82. The van der Waals surface area contributed by atoms with Gasteiger partial charge in [0, 0.05) is 38.1 Å². The molecule has 1 N–H and O–H groups in total. The van der Waals surface area contributed by atoms with Gasteiger partial charge in [0.2, 0.25) is 6.79 Å². The number of nitrogens with one attached hydrogen (secondary N) is 1. The smallest absolute Gasteiger partial charge is 0.329 e. The van der Waals surface area contributed by atoms with Crippen molar-refractivity contribution in [2.24, 2.45) is 5.92 Å². The Balaban J connectivity index is 2.13. The number of amides is 1. The summed E-state index contributed by atoms with van der Waals surface area (Å²) in [4.78, 5) is 40.8. The molecule has 1 unspecified atom stereocenters. The molecule has 178 valence electrons. The molecule has 1 fully saturated rings. The highest BCUT2D eigenvalue weighted by Crippen LogP contribution is 2.29. The summed E-state index contributed by atoms with van der Waals surface area (Å²) in [5.74, 6) is -1.39. The molecule has 0 radical (unpaired) electrons. The van der Waals surface area contributed by atoms with Crippen molar-refractivity contribution in [3.63, 3.8) is 0 Å². The molecule has 1 amide bonds. The SMILES string of the molecule is CCCC[C@@H]1COCCC(NC(=O)c2nccc(OC)c2OCOC(C)=O)C(=O)O[C@H]1C. The van der Waals surface area contributed by atoms with Crippen LogP contribution >= 0.6 is 0 Å². The molecule has 2 heterocycles. The van der Waals surface area contributed by atoms with Gasteiger partial charge in [0.05, 0.1) is 13.7 Å². The molecule has 0 aliphatic carbocycles. The second-order valence-electron chi connectivity index (χ2n) is 7.52. The minimum Gasteiger partial charge on any atom is -0.493 e. The van der Waals surface area contributed by atoms with Crippen LogP contribution in [0.5, 0.6) is 11.5 Å². The van der Waals surface area contributed by atoms with Crippen LogP contribution in [-0.2, 0) is 23.8 Å². The van der Waals surface area contributed by atoms with Crippen LogP contribution in [0.25, 0.3) is 0 Å². The van der Waals surface area contributed by atoms with Gasteiger partial charge in [0.25, 0.3) is 5.91 Å². The Morgan fingerprint density at radius 2 is 2.12 bits per heavy atom. The van der Waals surface area contributed by atoms with E-state index in [1.54, 1.807) is 0 Å². The Bertz CT molecular complexity index is 785. The maximum absolute atomic E-state index is 13.0. The van der Waals surface area contributed by atoms with E-state index in [9.17, 15) is 14.4 Å². The van der Waals surface area contributed by atoms with E-state index in [1.165, 1.54) is 26.3 Å². The molecule has 0 bridgehead atoms. The Hall–Kier alpha value is -2.88. The summed E-state index contributed by atoms with van der Waals surface area (Å²) < 4.78 is 26.8. The average molecular weight is 453 g/mol. The summed E-state index contributed by atoms with van der Waals surface area (Å²) in [5, 5.41) is 2.65. The zero-order valence-electron chi connectivity index (χ0n) is 19.0. The van der Waals surface area contributed by atoms with Crippen LogP contribution in [-0.4, -0.2) is 62.1 Å². The third-order valence-corrected chi connectivity index (χ3v) is 5.14. The molecular formula is C22H32N2O8. The van der Waals surface area contributed by atoms with Crippen LogP contribution in [0.1, 0.15) is 56.9 Å². The number of unbranched alkanes of at least 4 members (excludes halogenated alkanes) is 1. The van der Waals surface area contributed by atoms with Crippen molar-refractivity contribution in [2.75, 3.05) is 27.1 Å². The van der Waals surface area contributed by atoms with Gasteiger partial charge in [-0.25, -0.2) is 9.78 Å². The molecular weight excluding hydrogens is 420 g/mol. The number of carbonyl (C=O) groups excluding carboxylic acids is 3. The largest absolute Gasteiger partial charge is 0.493 e. The number of hydrogen-bond donors (Lipinski definition) is 1. The first-order valence-corrected chi connectivity index (χ1v) is 10.8. The van der Waals surface area contributed by atoms with Crippen molar-refractivity contribution < 1.29 is 38.1 Å². The van der Waals surface area contributed by atoms with E-state index in [-0.39, 0.29) is 35.6 Å². The Labute approximate surface area is 187 Å². The number of ether oxygens (including phenoxy) is 5. The number of methoxy groups -OCH3 is 1. The Kier molecular flexibility index (Phi) is 10.2. The third kappa shape index (κ3) is 7.37. The lowest BCUT2D eigenvalue weighted by Crippen LogP contribution is -2.44. The van der Waals surface area contributed by atoms with Crippen LogP contribution in [0.15, 0.2) is 12.3 Å². The van der Waals surface area contributed by atoms with E-state index < -0.39 is 30.7 Å². The second kappa shape index (κ2) is 12.8. The number of rotatable bonds is 9. The molecule has 0 aromatic carbocycles. The highest BCUT2D eigenvalue weighted by Gasteiger charge is 2.31. The van der Waals surface area contributed by atoms with Crippen molar-refractivity contribution >= 4 is 17.8 Å². The molecule has 0 spiro atoms. The van der Waals surface area contributed by atoms with Gasteiger partial charge in [-0.1, -0.05) is 19.8 Å². The van der Waals surface area contributed by atoms with E-state index >= 15 is 0 Å². The summed E-state index contributed by atoms with van der Waals surface area (Å²) in [5.41, 5.74) is -0.112. The predicted molar refractivity (Wildman–Crippen MR) is 113 cm³/mol. The van der Waals surface area contributed by atoms with Gasteiger partial charge in [-0.05, 0) is 13.3 Å². The van der Waals surface area contributed by atoms with Crippen molar-refractivity contribution in [3.8, 4) is 11.5 Å². The fourth-order valence-electron chi connectivity index (χ4n) is 3.26. The number of cyclic esters (lactones) is 1. The number of carbonyl (C=O) groups is 3. The van der Waals surface area contributed by atoms with Gasteiger partial charge in [-0.15, -0.1) is 0 Å². The summed E-state index contributed by atoms with van der Waals surface area (Å²) in [7, 11) is 1.40. The van der Waals surface area contributed by atoms with Crippen LogP contribution < -0.4 is 14.8 Å². The molecule has 1 aromatic heterocycles. The van der Waals surface area contributed by atoms with Gasteiger partial charge in [-0.3, -0.25) is 9.59 Å². The summed E-state index contributed by atoms with van der Waals surface area (Å²) >= 11 is 0. The van der Waals surface area contributed by atoms with E-state index in [0.29, 0.717) is 13.2 Å². The Morgan fingerprint density at radius 3 is 2.81 bits per heavy atom. The molecule has 1 aliphatic heterocycles. The second-order valence-corrected chi connectivity index (χ2v) is 7.52. The molecule has 3 atom stereocenters. The first-order valence-electron chi connectivity index (χ1n) is 10.8. The third-order valence-electron chi connectivity index (χ3n) is 5.14. The van der Waals surface area contributed by atoms with E-state index in [1.807, 2.05) is 6.92 Å². The molecule has 10 nitrogen and oxygen atoms in total. The highest BCUT2D eigenvalue weighted by atomic mass is 16.7. The first-order chi connectivity index (χ1) is 15.4. The van der Waals surface area contributed by atoms with Gasteiger partial charge in [0.15, 0.2) is 17.2 Å². The molecule has 1 aliphatic rings.